The minimum atomic E-state index is 0.0171. The van der Waals surface area contributed by atoms with E-state index in [1.807, 2.05) is 0 Å². The molecule has 0 amide bonds. The Morgan fingerprint density at radius 3 is 1.20 bits per heavy atom. The van der Waals surface area contributed by atoms with Gasteiger partial charge in [0.25, 0.3) is 6.71 Å². The predicted molar refractivity (Wildman–Crippen MR) is 283 cm³/mol. The summed E-state index contributed by atoms with van der Waals surface area (Å²) < 4.78 is 0. The van der Waals surface area contributed by atoms with Crippen LogP contribution in [0.2, 0.25) is 0 Å². The van der Waals surface area contributed by atoms with Gasteiger partial charge in [0.15, 0.2) is 0 Å². The molecule has 65 heavy (non-hydrogen) atoms. The first kappa shape index (κ1) is 42.4. The Kier molecular flexibility index (Phi) is 11.0. The Morgan fingerprint density at radius 2 is 0.738 bits per heavy atom. The van der Waals surface area contributed by atoms with Crippen molar-refractivity contribution in [2.24, 2.45) is 0 Å². The molecule has 2 aliphatic heterocycles. The SMILES string of the molecule is CC(C)c1ccc(N(c2ccc(C(C)C)cc2)c2cc3c4c(c2)N(c2ccc5ccccc5c2)c2ccc(C(C)C)cc2B4c2cc(C(C)C)ccc2N3c2ccc(C(C)C)cc2)cc1. The smallest absolute Gasteiger partial charge is 0.252 e. The quantitative estimate of drug-likeness (QED) is 0.127. The van der Waals surface area contributed by atoms with Crippen LogP contribution < -0.4 is 31.1 Å². The van der Waals surface area contributed by atoms with Gasteiger partial charge in [0, 0.05) is 45.5 Å². The summed E-state index contributed by atoms with van der Waals surface area (Å²) in [5, 5.41) is 2.47. The lowest BCUT2D eigenvalue weighted by molar-refractivity contribution is 0.866. The summed E-state index contributed by atoms with van der Waals surface area (Å²) in [6, 6.07) is 63.2. The van der Waals surface area contributed by atoms with Crippen LogP contribution in [0.5, 0.6) is 0 Å². The molecule has 10 rings (SSSR count). The molecule has 0 N–H and O–H groups in total. The second kappa shape index (κ2) is 16.8. The number of hydrogen-bond donors (Lipinski definition) is 0. The van der Waals surface area contributed by atoms with Crippen molar-refractivity contribution in [3.63, 3.8) is 0 Å². The lowest BCUT2D eigenvalue weighted by Crippen LogP contribution is -2.61. The van der Waals surface area contributed by atoms with Crippen LogP contribution in [0, 0.1) is 0 Å². The van der Waals surface area contributed by atoms with E-state index < -0.39 is 0 Å². The summed E-state index contributed by atoms with van der Waals surface area (Å²) in [6.45, 7) is 23.0. The maximum atomic E-state index is 2.57. The number of rotatable bonds is 10. The van der Waals surface area contributed by atoms with Crippen LogP contribution >= 0.6 is 0 Å². The molecule has 324 valence electrons. The third kappa shape index (κ3) is 7.51. The third-order valence-corrected chi connectivity index (χ3v) is 14.1. The summed E-state index contributed by atoms with van der Waals surface area (Å²) in [5.41, 5.74) is 21.4. The Balaban J connectivity index is 1.33. The summed E-state index contributed by atoms with van der Waals surface area (Å²) in [7, 11) is 0. The van der Waals surface area contributed by atoms with Gasteiger partial charge >= 0.3 is 0 Å². The van der Waals surface area contributed by atoms with Gasteiger partial charge in [-0.1, -0.05) is 160 Å². The van der Waals surface area contributed by atoms with Crippen molar-refractivity contribution in [1.29, 1.82) is 0 Å². The van der Waals surface area contributed by atoms with Gasteiger partial charge < -0.3 is 14.7 Å². The molecule has 0 unspecified atom stereocenters. The molecule has 2 heterocycles. The van der Waals surface area contributed by atoms with E-state index in [0.29, 0.717) is 29.6 Å². The number of hydrogen-bond acceptors (Lipinski definition) is 3. The Bertz CT molecular complexity index is 2980. The van der Waals surface area contributed by atoms with Crippen molar-refractivity contribution in [3.8, 4) is 0 Å². The molecule has 0 aromatic heterocycles. The highest BCUT2D eigenvalue weighted by Crippen LogP contribution is 2.49. The van der Waals surface area contributed by atoms with Crippen LogP contribution in [0.3, 0.4) is 0 Å². The second-order valence-electron chi connectivity index (χ2n) is 20.1. The van der Waals surface area contributed by atoms with Crippen molar-refractivity contribution in [2.75, 3.05) is 14.7 Å². The molecule has 0 atom stereocenters. The monoisotopic (exact) mass is 848 g/mol. The van der Waals surface area contributed by atoms with Crippen LogP contribution in [0.1, 0.15) is 127 Å². The van der Waals surface area contributed by atoms with Gasteiger partial charge in [-0.3, -0.25) is 0 Å². The first-order valence-corrected chi connectivity index (χ1v) is 24.0. The van der Waals surface area contributed by atoms with E-state index in [2.05, 4.69) is 248 Å². The zero-order chi connectivity index (χ0) is 45.3. The Hall–Kier alpha value is -6.52. The molecule has 3 nitrogen and oxygen atoms in total. The zero-order valence-corrected chi connectivity index (χ0v) is 39.9. The minimum Gasteiger partial charge on any atom is -0.311 e. The first-order chi connectivity index (χ1) is 31.4. The van der Waals surface area contributed by atoms with E-state index in [9.17, 15) is 0 Å². The molecule has 0 saturated heterocycles. The molecule has 0 fully saturated rings. The van der Waals surface area contributed by atoms with Crippen molar-refractivity contribution in [3.05, 3.63) is 192 Å². The van der Waals surface area contributed by atoms with E-state index in [0.717, 1.165) is 22.7 Å². The molecule has 0 saturated carbocycles. The van der Waals surface area contributed by atoms with Gasteiger partial charge in [-0.15, -0.1) is 0 Å². The molecule has 2 aliphatic rings. The van der Waals surface area contributed by atoms with Crippen LogP contribution in [-0.4, -0.2) is 6.71 Å². The molecule has 0 aliphatic carbocycles. The van der Waals surface area contributed by atoms with Crippen LogP contribution in [0.4, 0.5) is 51.2 Å². The lowest BCUT2D eigenvalue weighted by Gasteiger charge is -2.45. The van der Waals surface area contributed by atoms with Gasteiger partial charge in [-0.25, -0.2) is 0 Å². The highest BCUT2D eigenvalue weighted by molar-refractivity contribution is 7.00. The maximum absolute atomic E-state index is 2.57. The van der Waals surface area contributed by atoms with Gasteiger partial charge in [0.1, 0.15) is 0 Å². The van der Waals surface area contributed by atoms with Gasteiger partial charge in [0.2, 0.25) is 0 Å². The molecule has 8 aromatic rings. The fraction of sp³-hybridized carbons (Fsp3) is 0.246. The van der Waals surface area contributed by atoms with Crippen LogP contribution in [-0.2, 0) is 0 Å². The predicted octanol–water partition coefficient (Wildman–Crippen LogP) is 16.0. The summed E-state index contributed by atoms with van der Waals surface area (Å²) >= 11 is 0. The third-order valence-electron chi connectivity index (χ3n) is 14.1. The van der Waals surface area contributed by atoms with Gasteiger partial charge in [0.05, 0.1) is 5.69 Å². The maximum Gasteiger partial charge on any atom is 0.252 e. The molecule has 8 aromatic carbocycles. The Labute approximate surface area is 388 Å². The van der Waals surface area contributed by atoms with Crippen LogP contribution in [0.25, 0.3) is 10.8 Å². The topological polar surface area (TPSA) is 9.72 Å². The molecule has 0 spiro atoms. The molecule has 0 bridgehead atoms. The highest BCUT2D eigenvalue weighted by atomic mass is 15.2. The molecular formula is C61H62BN3. The summed E-state index contributed by atoms with van der Waals surface area (Å²) in [4.78, 5) is 7.62. The zero-order valence-electron chi connectivity index (χ0n) is 39.9. The lowest BCUT2D eigenvalue weighted by atomic mass is 9.33. The van der Waals surface area contributed by atoms with Gasteiger partial charge in [-0.2, -0.15) is 0 Å². The Morgan fingerprint density at radius 1 is 0.338 bits per heavy atom. The number of benzene rings is 8. The van der Waals surface area contributed by atoms with Crippen molar-refractivity contribution >= 4 is 85.1 Å². The van der Waals surface area contributed by atoms with E-state index in [-0.39, 0.29) is 6.71 Å². The summed E-state index contributed by atoms with van der Waals surface area (Å²) in [6.07, 6.45) is 0. The number of nitrogens with zero attached hydrogens (tertiary/aromatic N) is 3. The molecular weight excluding hydrogens is 786 g/mol. The largest absolute Gasteiger partial charge is 0.311 e. The van der Waals surface area contributed by atoms with E-state index in [1.165, 1.54) is 83.4 Å². The molecule has 4 heteroatoms. The average molecular weight is 848 g/mol. The van der Waals surface area contributed by atoms with E-state index in [1.54, 1.807) is 0 Å². The minimum absolute atomic E-state index is 0.0171. The van der Waals surface area contributed by atoms with Crippen LogP contribution in [0.15, 0.2) is 164 Å². The highest BCUT2D eigenvalue weighted by Gasteiger charge is 2.44. The fourth-order valence-electron chi connectivity index (χ4n) is 10.2. The van der Waals surface area contributed by atoms with Gasteiger partial charge in [-0.05, 0) is 157 Å². The van der Waals surface area contributed by atoms with E-state index >= 15 is 0 Å². The fourth-order valence-corrected chi connectivity index (χ4v) is 10.2. The average Bonchev–Trinajstić information content (AvgIpc) is 3.31. The van der Waals surface area contributed by atoms with Crippen molar-refractivity contribution in [2.45, 2.75) is 98.8 Å². The number of fused-ring (bicyclic) bond motifs is 5. The summed E-state index contributed by atoms with van der Waals surface area (Å²) in [5.74, 6) is 2.08. The standard InChI is InChI=1S/C61H62BN3/c1-38(2)43-15-24-50(25-16-43)63(51-26-17-44(18-27-51)39(3)4)54-36-59-61-60(37-54)65(53-30-21-46-13-11-12-14-49(46)33-53)58-32-23-48(42(9)10)35-56(58)62(61)55-34-47(41(7)8)22-31-57(55)64(59)52-28-19-45(20-29-52)40(5)6/h11-42H,1-10H3. The normalized spacial score (nSPS) is 13.1. The van der Waals surface area contributed by atoms with Crippen molar-refractivity contribution < 1.29 is 0 Å². The number of anilines is 9. The molecule has 0 radical (unpaired) electrons. The first-order valence-electron chi connectivity index (χ1n) is 24.0. The second-order valence-corrected chi connectivity index (χ2v) is 20.1. The van der Waals surface area contributed by atoms with E-state index in [4.69, 9.17) is 0 Å². The van der Waals surface area contributed by atoms with Crippen molar-refractivity contribution in [1.82, 2.24) is 0 Å².